The number of aromatic nitrogens is 2. The normalized spacial score (nSPS) is 10.5. The summed E-state index contributed by atoms with van der Waals surface area (Å²) >= 11 is 0. The van der Waals surface area contributed by atoms with Crippen LogP contribution in [0, 0.1) is 0 Å². The lowest BCUT2D eigenvalue weighted by Crippen LogP contribution is -2.05. The van der Waals surface area contributed by atoms with Crippen LogP contribution in [0.4, 0.5) is 0 Å². The van der Waals surface area contributed by atoms with Crippen molar-refractivity contribution in [2.75, 3.05) is 0 Å². The Labute approximate surface area is 66.8 Å². The van der Waals surface area contributed by atoms with E-state index in [0.29, 0.717) is 0 Å². The molecule has 0 unspecified atom stereocenters. The summed E-state index contributed by atoms with van der Waals surface area (Å²) in [6.07, 6.45) is 3.86. The summed E-state index contributed by atoms with van der Waals surface area (Å²) in [4.78, 5) is 7.35. The molecule has 0 saturated carbocycles. The number of hydrogen-bond acceptors (Lipinski definition) is 1. The maximum absolute atomic E-state index is 4.25. The molecule has 0 aromatic carbocycles. The van der Waals surface area contributed by atoms with Gasteiger partial charge in [0.1, 0.15) is 21.3 Å². The lowest BCUT2D eigenvalue weighted by Gasteiger charge is -1.92. The third-order valence-corrected chi connectivity index (χ3v) is 1.87. The van der Waals surface area contributed by atoms with Crippen molar-refractivity contribution in [1.82, 2.24) is 9.97 Å². The smallest absolute Gasteiger partial charge is 0.142 e. The Bertz CT molecular complexity index is 394. The van der Waals surface area contributed by atoms with Crippen molar-refractivity contribution >= 4 is 37.7 Å². The van der Waals surface area contributed by atoms with Crippen LogP contribution in [-0.4, -0.2) is 25.7 Å². The molecule has 0 atom stereocenters. The van der Waals surface area contributed by atoms with Gasteiger partial charge in [-0.15, -0.1) is 0 Å². The molecule has 0 aliphatic rings. The number of H-pyrrole nitrogens is 1. The zero-order valence-electron chi connectivity index (χ0n) is 6.68. The summed E-state index contributed by atoms with van der Waals surface area (Å²) in [5.74, 6) is 0. The number of fused-ring (bicyclic) bond motifs is 1. The molecule has 0 bridgehead atoms. The largest absolute Gasteiger partial charge is 0.347 e. The first-order valence-electron chi connectivity index (χ1n) is 3.68. The Morgan fingerprint density at radius 2 is 2.18 bits per heavy atom. The van der Waals surface area contributed by atoms with Crippen LogP contribution >= 0.6 is 0 Å². The molecule has 1 N–H and O–H groups in total. The summed E-state index contributed by atoms with van der Waals surface area (Å²) in [5.41, 5.74) is 3.45. The molecule has 11 heavy (non-hydrogen) atoms. The lowest BCUT2D eigenvalue weighted by atomic mass is 9.92. The van der Waals surface area contributed by atoms with E-state index in [1.54, 1.807) is 0 Å². The van der Waals surface area contributed by atoms with E-state index in [4.69, 9.17) is 0 Å². The summed E-state index contributed by atoms with van der Waals surface area (Å²) in [6.45, 7) is 0. The molecule has 0 aliphatic carbocycles. The topological polar surface area (TPSA) is 28.7 Å². The van der Waals surface area contributed by atoms with Crippen molar-refractivity contribution in [2.45, 2.75) is 0 Å². The Kier molecular flexibility index (Phi) is 1.28. The molecule has 0 radical (unpaired) electrons. The van der Waals surface area contributed by atoms with E-state index >= 15 is 0 Å². The van der Waals surface area contributed by atoms with Crippen molar-refractivity contribution in [2.24, 2.45) is 0 Å². The second-order valence-electron chi connectivity index (χ2n) is 2.88. The van der Waals surface area contributed by atoms with E-state index in [-0.39, 0.29) is 0 Å². The van der Waals surface area contributed by atoms with E-state index in [2.05, 4.69) is 31.7 Å². The minimum atomic E-state index is 0.980. The number of aromatic amines is 1. The van der Waals surface area contributed by atoms with Crippen LogP contribution in [0.2, 0.25) is 0 Å². The third kappa shape index (κ3) is 0.946. The van der Waals surface area contributed by atoms with E-state index < -0.39 is 0 Å². The highest BCUT2D eigenvalue weighted by Crippen LogP contribution is 2.01. The maximum atomic E-state index is 4.25. The van der Waals surface area contributed by atoms with Crippen molar-refractivity contribution in [1.29, 1.82) is 0 Å². The third-order valence-electron chi connectivity index (χ3n) is 1.87. The fourth-order valence-electron chi connectivity index (χ4n) is 1.24. The van der Waals surface area contributed by atoms with E-state index in [1.165, 1.54) is 16.3 Å². The van der Waals surface area contributed by atoms with Crippen LogP contribution in [0.25, 0.3) is 11.0 Å². The molecule has 2 rings (SSSR count). The van der Waals surface area contributed by atoms with Gasteiger partial charge in [0, 0.05) is 11.6 Å². The molecule has 2 heterocycles. The van der Waals surface area contributed by atoms with E-state index in [0.717, 1.165) is 5.65 Å². The van der Waals surface area contributed by atoms with Crippen molar-refractivity contribution in [3.63, 3.8) is 0 Å². The Hall–Kier alpha value is -1.18. The lowest BCUT2D eigenvalue weighted by molar-refractivity contribution is 1.34. The van der Waals surface area contributed by atoms with Gasteiger partial charge in [-0.3, -0.25) is 0 Å². The van der Waals surface area contributed by atoms with Gasteiger partial charge in [-0.25, -0.2) is 4.98 Å². The highest BCUT2D eigenvalue weighted by molar-refractivity contribution is 6.40. The first kappa shape index (κ1) is 6.53. The second kappa shape index (κ2) is 2.16. The Morgan fingerprint density at radius 1 is 1.36 bits per heavy atom. The number of rotatable bonds is 0. The van der Waals surface area contributed by atoms with Gasteiger partial charge in [-0.2, -0.15) is 0 Å². The number of pyridine rings is 1. The van der Waals surface area contributed by atoms with Crippen LogP contribution in [0.3, 0.4) is 0 Å². The standard InChI is InChI=1S/C7H8B2N2/c8-4-1-5-6(9)3-11-7(5)10-2-4/h1-3H,8-9H2,(H,10,11). The minimum Gasteiger partial charge on any atom is -0.347 e. The van der Waals surface area contributed by atoms with Gasteiger partial charge in [0.05, 0.1) is 0 Å². The van der Waals surface area contributed by atoms with Crippen LogP contribution in [0.15, 0.2) is 18.5 Å². The van der Waals surface area contributed by atoms with Crippen LogP contribution < -0.4 is 10.9 Å². The Balaban J connectivity index is 2.87. The molecular formula is C7H8B2N2. The van der Waals surface area contributed by atoms with Crippen molar-refractivity contribution < 1.29 is 0 Å². The summed E-state index contributed by atoms with van der Waals surface area (Å²) in [7, 11) is 4.14. The second-order valence-corrected chi connectivity index (χ2v) is 2.88. The fourth-order valence-corrected chi connectivity index (χ4v) is 1.24. The molecule has 52 valence electrons. The van der Waals surface area contributed by atoms with Gasteiger partial charge in [-0.1, -0.05) is 17.0 Å². The van der Waals surface area contributed by atoms with Crippen molar-refractivity contribution in [3.05, 3.63) is 18.5 Å². The number of nitrogens with one attached hydrogen (secondary N) is 1. The predicted octanol–water partition coefficient (Wildman–Crippen LogP) is -1.92. The van der Waals surface area contributed by atoms with Gasteiger partial charge in [0.25, 0.3) is 0 Å². The van der Waals surface area contributed by atoms with E-state index in [9.17, 15) is 0 Å². The summed E-state index contributed by atoms with van der Waals surface area (Å²) in [5, 5.41) is 1.23. The molecule has 0 aliphatic heterocycles. The molecule has 0 spiro atoms. The van der Waals surface area contributed by atoms with Gasteiger partial charge >= 0.3 is 0 Å². The molecule has 2 aromatic rings. The fraction of sp³-hybridized carbons (Fsp3) is 0. The van der Waals surface area contributed by atoms with Crippen molar-refractivity contribution in [3.8, 4) is 0 Å². The monoisotopic (exact) mass is 142 g/mol. The van der Waals surface area contributed by atoms with E-state index in [1.807, 2.05) is 12.4 Å². The molecule has 0 fully saturated rings. The maximum Gasteiger partial charge on any atom is 0.142 e. The SMILES string of the molecule is Bc1cnc2[nH]cc(B)c2c1. The molecular weight excluding hydrogens is 134 g/mol. The van der Waals surface area contributed by atoms with Crippen LogP contribution in [0.5, 0.6) is 0 Å². The first-order valence-corrected chi connectivity index (χ1v) is 3.68. The Morgan fingerprint density at radius 3 is 3.00 bits per heavy atom. The van der Waals surface area contributed by atoms with Gasteiger partial charge in [-0.05, 0) is 6.20 Å². The van der Waals surface area contributed by atoms with Gasteiger partial charge < -0.3 is 4.98 Å². The molecule has 2 nitrogen and oxygen atoms in total. The molecule has 2 aromatic heterocycles. The van der Waals surface area contributed by atoms with Crippen LogP contribution in [0.1, 0.15) is 0 Å². The van der Waals surface area contributed by atoms with Gasteiger partial charge in [0.2, 0.25) is 0 Å². The summed E-state index contributed by atoms with van der Waals surface area (Å²) < 4.78 is 0. The van der Waals surface area contributed by atoms with Crippen LogP contribution in [-0.2, 0) is 0 Å². The number of hydrogen-bond donors (Lipinski definition) is 1. The first-order chi connectivity index (χ1) is 5.27. The number of nitrogens with zero attached hydrogens (tertiary/aromatic N) is 1. The zero-order valence-corrected chi connectivity index (χ0v) is 6.68. The zero-order chi connectivity index (χ0) is 7.84. The predicted molar refractivity (Wildman–Crippen MR) is 52.4 cm³/mol. The van der Waals surface area contributed by atoms with Gasteiger partial charge in [0.15, 0.2) is 0 Å². The average Bonchev–Trinajstić information content (AvgIpc) is 2.33. The molecule has 0 saturated heterocycles. The average molecular weight is 142 g/mol. The highest BCUT2D eigenvalue weighted by Gasteiger charge is 1.98. The highest BCUT2D eigenvalue weighted by atomic mass is 14.8. The quantitative estimate of drug-likeness (QED) is 0.426. The molecule has 4 heteroatoms. The minimum absolute atomic E-state index is 0.980. The summed E-state index contributed by atoms with van der Waals surface area (Å²) in [6, 6.07) is 2.15. The molecule has 0 amide bonds.